The lowest BCUT2D eigenvalue weighted by Gasteiger charge is -2.10. The van der Waals surface area contributed by atoms with Crippen molar-refractivity contribution in [2.75, 3.05) is 11.9 Å². The molecule has 2 amide bonds. The second kappa shape index (κ2) is 8.89. The minimum absolute atomic E-state index is 0.0776. The van der Waals surface area contributed by atoms with Crippen LogP contribution >= 0.6 is 0 Å². The van der Waals surface area contributed by atoms with Crippen molar-refractivity contribution < 1.29 is 24.2 Å². The first-order valence-electron chi connectivity index (χ1n) is 7.34. The van der Waals surface area contributed by atoms with Gasteiger partial charge in [0.1, 0.15) is 6.04 Å². The van der Waals surface area contributed by atoms with Crippen molar-refractivity contribution >= 4 is 23.5 Å². The van der Waals surface area contributed by atoms with Gasteiger partial charge in [-0.1, -0.05) is 0 Å². The highest BCUT2D eigenvalue weighted by atomic mass is 16.5. The number of aliphatic carboxylic acids is 1. The van der Waals surface area contributed by atoms with E-state index in [0.717, 1.165) is 0 Å². The van der Waals surface area contributed by atoms with Crippen LogP contribution in [0.15, 0.2) is 24.3 Å². The second-order valence-electron chi connectivity index (χ2n) is 5.33. The lowest BCUT2D eigenvalue weighted by molar-refractivity contribution is -0.138. The lowest BCUT2D eigenvalue weighted by Crippen LogP contribution is -2.38. The summed E-state index contributed by atoms with van der Waals surface area (Å²) in [5.74, 6) is -1.77. The molecular formula is C16H22N2O5. The largest absolute Gasteiger partial charge is 0.480 e. The fraction of sp³-hybridized carbons (Fsp3) is 0.438. The van der Waals surface area contributed by atoms with Gasteiger partial charge in [0.15, 0.2) is 0 Å². The molecule has 0 heterocycles. The Morgan fingerprint density at radius 3 is 2.26 bits per heavy atom. The number of benzene rings is 1. The van der Waals surface area contributed by atoms with Gasteiger partial charge in [-0.3, -0.25) is 14.4 Å². The number of anilines is 1. The van der Waals surface area contributed by atoms with Crippen LogP contribution in [0.3, 0.4) is 0 Å². The third-order valence-corrected chi connectivity index (χ3v) is 2.93. The van der Waals surface area contributed by atoms with Gasteiger partial charge in [0.2, 0.25) is 5.91 Å². The summed E-state index contributed by atoms with van der Waals surface area (Å²) < 4.78 is 5.30. The molecule has 0 spiro atoms. The lowest BCUT2D eigenvalue weighted by atomic mass is 10.2. The Labute approximate surface area is 135 Å². The topological polar surface area (TPSA) is 105 Å². The van der Waals surface area contributed by atoms with Crippen molar-refractivity contribution in [1.29, 1.82) is 0 Å². The van der Waals surface area contributed by atoms with E-state index in [1.165, 1.54) is 19.1 Å². The Morgan fingerprint density at radius 2 is 1.74 bits per heavy atom. The number of rotatable bonds is 8. The van der Waals surface area contributed by atoms with Gasteiger partial charge >= 0.3 is 5.97 Å². The number of ether oxygens (including phenoxy) is 1. The molecule has 3 N–H and O–H groups in total. The number of carboxylic acid groups (broad SMARTS) is 1. The average Bonchev–Trinajstić information content (AvgIpc) is 2.47. The number of hydrogen-bond donors (Lipinski definition) is 3. The molecule has 1 atom stereocenters. The van der Waals surface area contributed by atoms with E-state index < -0.39 is 17.9 Å². The molecule has 0 radical (unpaired) electrons. The molecule has 1 rings (SSSR count). The summed E-state index contributed by atoms with van der Waals surface area (Å²) in [6.45, 7) is 5.52. The Hall–Kier alpha value is -2.41. The van der Waals surface area contributed by atoms with Gasteiger partial charge in [0, 0.05) is 11.3 Å². The molecule has 7 heteroatoms. The van der Waals surface area contributed by atoms with E-state index in [1.807, 2.05) is 13.8 Å². The van der Waals surface area contributed by atoms with Crippen LogP contribution in [0.2, 0.25) is 0 Å². The molecule has 1 unspecified atom stereocenters. The van der Waals surface area contributed by atoms with E-state index in [9.17, 15) is 14.4 Å². The van der Waals surface area contributed by atoms with Crippen molar-refractivity contribution in [3.8, 4) is 0 Å². The molecule has 1 aromatic carbocycles. The molecule has 0 saturated heterocycles. The van der Waals surface area contributed by atoms with E-state index in [4.69, 9.17) is 9.84 Å². The van der Waals surface area contributed by atoms with Crippen molar-refractivity contribution in [2.24, 2.45) is 0 Å². The zero-order valence-corrected chi connectivity index (χ0v) is 13.5. The summed E-state index contributed by atoms with van der Waals surface area (Å²) in [7, 11) is 0. The minimum atomic E-state index is -1.11. The minimum Gasteiger partial charge on any atom is -0.480 e. The number of amides is 2. The van der Waals surface area contributed by atoms with Gasteiger partial charge in [-0.05, 0) is 45.0 Å². The van der Waals surface area contributed by atoms with Crippen molar-refractivity contribution in [2.45, 2.75) is 39.3 Å². The van der Waals surface area contributed by atoms with E-state index >= 15 is 0 Å². The normalized spacial score (nSPS) is 11.8. The highest BCUT2D eigenvalue weighted by molar-refractivity contribution is 5.97. The predicted octanol–water partition coefficient (Wildman–Crippen LogP) is 1.64. The first kappa shape index (κ1) is 18.6. The number of hydrogen-bond acceptors (Lipinski definition) is 4. The molecule has 1 aromatic rings. The Kier molecular flexibility index (Phi) is 7.21. The van der Waals surface area contributed by atoms with Crippen LogP contribution in [-0.4, -0.2) is 41.6 Å². The highest BCUT2D eigenvalue weighted by Gasteiger charge is 2.15. The molecule has 0 aromatic heterocycles. The molecule has 0 aliphatic heterocycles. The predicted molar refractivity (Wildman–Crippen MR) is 85.3 cm³/mol. The maximum atomic E-state index is 11.8. The summed E-state index contributed by atoms with van der Waals surface area (Å²) in [6, 6.07) is 5.24. The Bertz CT molecular complexity index is 554. The van der Waals surface area contributed by atoms with E-state index in [0.29, 0.717) is 17.9 Å². The van der Waals surface area contributed by atoms with Crippen LogP contribution in [0.1, 0.15) is 37.6 Å². The van der Waals surface area contributed by atoms with Gasteiger partial charge in [0.25, 0.3) is 5.91 Å². The smallest absolute Gasteiger partial charge is 0.325 e. The average molecular weight is 322 g/mol. The van der Waals surface area contributed by atoms with Crippen LogP contribution in [0.25, 0.3) is 0 Å². The highest BCUT2D eigenvalue weighted by Crippen LogP contribution is 2.10. The quantitative estimate of drug-likeness (QED) is 0.675. The van der Waals surface area contributed by atoms with Crippen LogP contribution in [-0.2, 0) is 14.3 Å². The molecule has 0 saturated carbocycles. The maximum Gasteiger partial charge on any atom is 0.325 e. The fourth-order valence-corrected chi connectivity index (χ4v) is 1.66. The maximum absolute atomic E-state index is 11.8. The first-order valence-corrected chi connectivity index (χ1v) is 7.34. The van der Waals surface area contributed by atoms with Crippen molar-refractivity contribution in [1.82, 2.24) is 5.32 Å². The van der Waals surface area contributed by atoms with Crippen LogP contribution in [0.4, 0.5) is 5.69 Å². The third kappa shape index (κ3) is 6.92. The summed E-state index contributed by atoms with van der Waals surface area (Å²) in [5.41, 5.74) is 0.877. The molecule has 0 aliphatic carbocycles. The van der Waals surface area contributed by atoms with Gasteiger partial charge in [-0.15, -0.1) is 0 Å². The summed E-state index contributed by atoms with van der Waals surface area (Å²) >= 11 is 0. The Balaban J connectivity index is 2.51. The second-order valence-corrected chi connectivity index (χ2v) is 5.33. The zero-order valence-electron chi connectivity index (χ0n) is 13.5. The molecule has 0 aliphatic rings. The van der Waals surface area contributed by atoms with Crippen molar-refractivity contribution in [3.05, 3.63) is 29.8 Å². The van der Waals surface area contributed by atoms with Gasteiger partial charge < -0.3 is 20.5 Å². The fourth-order valence-electron chi connectivity index (χ4n) is 1.66. The van der Waals surface area contributed by atoms with Gasteiger partial charge in [-0.25, -0.2) is 0 Å². The SMILES string of the molecule is CC(C)OCCC(=O)Nc1ccc(C(=O)NC(C)C(=O)O)cc1. The molecule has 23 heavy (non-hydrogen) atoms. The standard InChI is InChI=1S/C16H22N2O5/c1-10(2)23-9-8-14(19)18-13-6-4-12(5-7-13)15(20)17-11(3)16(21)22/h4-7,10-11H,8-9H2,1-3H3,(H,17,20)(H,18,19)(H,21,22). The van der Waals surface area contributed by atoms with Gasteiger partial charge in [-0.2, -0.15) is 0 Å². The molecule has 0 fully saturated rings. The summed E-state index contributed by atoms with van der Waals surface area (Å²) in [5, 5.41) is 13.8. The van der Waals surface area contributed by atoms with Gasteiger partial charge in [0.05, 0.1) is 19.1 Å². The Morgan fingerprint density at radius 1 is 1.13 bits per heavy atom. The molecule has 0 bridgehead atoms. The van der Waals surface area contributed by atoms with Crippen LogP contribution in [0.5, 0.6) is 0 Å². The zero-order chi connectivity index (χ0) is 17.4. The van der Waals surface area contributed by atoms with Crippen molar-refractivity contribution in [3.63, 3.8) is 0 Å². The summed E-state index contributed by atoms with van der Waals surface area (Å²) in [4.78, 5) is 34.2. The number of carbonyl (C=O) groups excluding carboxylic acids is 2. The van der Waals surface area contributed by atoms with E-state index in [-0.39, 0.29) is 18.4 Å². The number of nitrogens with one attached hydrogen (secondary N) is 2. The molecule has 7 nitrogen and oxygen atoms in total. The van der Waals surface area contributed by atoms with E-state index in [1.54, 1.807) is 12.1 Å². The number of carbonyl (C=O) groups is 3. The van der Waals surface area contributed by atoms with Crippen LogP contribution < -0.4 is 10.6 Å². The first-order chi connectivity index (χ1) is 10.8. The summed E-state index contributed by atoms with van der Waals surface area (Å²) in [6.07, 6.45) is 0.324. The molecule has 126 valence electrons. The third-order valence-electron chi connectivity index (χ3n) is 2.93. The van der Waals surface area contributed by atoms with Crippen LogP contribution in [0, 0.1) is 0 Å². The molecular weight excluding hydrogens is 300 g/mol. The monoisotopic (exact) mass is 322 g/mol. The number of carboxylic acids is 1. The van der Waals surface area contributed by atoms with E-state index in [2.05, 4.69) is 10.6 Å².